The van der Waals surface area contributed by atoms with Gasteiger partial charge in [-0.1, -0.05) is 12.1 Å². The molecule has 0 bridgehead atoms. The Morgan fingerprint density at radius 1 is 1.38 bits per heavy atom. The lowest BCUT2D eigenvalue weighted by Crippen LogP contribution is -2.51. The number of imidazole rings is 1. The highest BCUT2D eigenvalue weighted by Gasteiger charge is 2.30. The van der Waals surface area contributed by atoms with Crippen LogP contribution < -0.4 is 10.6 Å². The summed E-state index contributed by atoms with van der Waals surface area (Å²) in [6.07, 6.45) is 2.04. The summed E-state index contributed by atoms with van der Waals surface area (Å²) < 4.78 is 0. The number of urea groups is 1. The minimum atomic E-state index is -0.474. The van der Waals surface area contributed by atoms with Crippen molar-refractivity contribution < 1.29 is 9.59 Å². The van der Waals surface area contributed by atoms with E-state index in [0.29, 0.717) is 0 Å². The van der Waals surface area contributed by atoms with Gasteiger partial charge in [-0.2, -0.15) is 0 Å². The molecule has 1 aromatic carbocycles. The molecule has 1 fully saturated rings. The largest absolute Gasteiger partial charge is 0.342 e. The molecule has 2 atom stereocenters. The highest BCUT2D eigenvalue weighted by Crippen LogP contribution is 2.27. The van der Waals surface area contributed by atoms with E-state index in [1.165, 1.54) is 7.05 Å². The van der Waals surface area contributed by atoms with Crippen LogP contribution in [0.3, 0.4) is 0 Å². The van der Waals surface area contributed by atoms with Crippen LogP contribution in [-0.2, 0) is 4.79 Å². The molecule has 3 amide bonds. The van der Waals surface area contributed by atoms with Gasteiger partial charge in [0, 0.05) is 19.5 Å². The Morgan fingerprint density at radius 2 is 2.17 bits per heavy atom. The van der Waals surface area contributed by atoms with Crippen LogP contribution in [-0.4, -0.2) is 53.0 Å². The number of imide groups is 1. The number of fused-ring (bicyclic) bond motifs is 1. The van der Waals surface area contributed by atoms with Crippen molar-refractivity contribution in [3.63, 3.8) is 0 Å². The topological polar surface area (TPSA) is 90.1 Å². The van der Waals surface area contributed by atoms with E-state index in [9.17, 15) is 9.59 Å². The van der Waals surface area contributed by atoms with Gasteiger partial charge in [-0.05, 0) is 38.4 Å². The van der Waals surface area contributed by atoms with Crippen molar-refractivity contribution >= 4 is 23.0 Å². The van der Waals surface area contributed by atoms with E-state index in [0.717, 1.165) is 42.8 Å². The quantitative estimate of drug-likeness (QED) is 0.797. The fourth-order valence-electron chi connectivity index (χ4n) is 3.19. The normalized spacial score (nSPS) is 19.8. The molecule has 1 aliphatic heterocycles. The molecule has 1 aliphatic rings. The molecule has 7 nitrogen and oxygen atoms in total. The lowest BCUT2D eigenvalue weighted by molar-refractivity contribution is -0.125. The van der Waals surface area contributed by atoms with Crippen molar-refractivity contribution in [3.8, 4) is 0 Å². The van der Waals surface area contributed by atoms with Gasteiger partial charge in [0.1, 0.15) is 5.82 Å². The van der Waals surface area contributed by atoms with Gasteiger partial charge in [0.05, 0.1) is 17.1 Å². The molecule has 7 heteroatoms. The summed E-state index contributed by atoms with van der Waals surface area (Å²) in [5, 5.41) is 4.75. The standard InChI is InChI=1S/C17H23N5O2/c1-11(16(23)21-17(24)18-2)22-9-5-6-12(10-22)15-19-13-7-3-4-8-14(13)20-15/h3-4,7-8,11-12H,5-6,9-10H2,1-2H3,(H,19,20)(H2,18,21,23,24)/t11-,12-/m0/s1. The van der Waals surface area contributed by atoms with Gasteiger partial charge < -0.3 is 10.3 Å². The van der Waals surface area contributed by atoms with Gasteiger partial charge in [-0.25, -0.2) is 9.78 Å². The zero-order valence-corrected chi connectivity index (χ0v) is 14.0. The number of amides is 3. The number of piperidine rings is 1. The van der Waals surface area contributed by atoms with Gasteiger partial charge in [-0.3, -0.25) is 15.0 Å². The van der Waals surface area contributed by atoms with Crippen LogP contribution >= 0.6 is 0 Å². The van der Waals surface area contributed by atoms with E-state index in [2.05, 4.69) is 25.5 Å². The van der Waals surface area contributed by atoms with Crippen LogP contribution in [0.4, 0.5) is 4.79 Å². The Hall–Kier alpha value is -2.41. The van der Waals surface area contributed by atoms with Gasteiger partial charge in [-0.15, -0.1) is 0 Å². The average molecular weight is 329 g/mol. The summed E-state index contributed by atoms with van der Waals surface area (Å²) in [4.78, 5) is 33.7. The number of rotatable bonds is 3. The molecule has 1 aromatic heterocycles. The van der Waals surface area contributed by atoms with Gasteiger partial charge in [0.15, 0.2) is 0 Å². The zero-order chi connectivity index (χ0) is 17.1. The lowest BCUT2D eigenvalue weighted by Gasteiger charge is -2.35. The Morgan fingerprint density at radius 3 is 2.92 bits per heavy atom. The molecule has 0 radical (unpaired) electrons. The highest BCUT2D eigenvalue weighted by molar-refractivity contribution is 5.96. The number of nitrogens with zero attached hydrogens (tertiary/aromatic N) is 2. The smallest absolute Gasteiger partial charge is 0.321 e. The predicted molar refractivity (Wildman–Crippen MR) is 91.7 cm³/mol. The van der Waals surface area contributed by atoms with Gasteiger partial charge >= 0.3 is 6.03 Å². The second-order valence-electron chi connectivity index (χ2n) is 6.22. The third-order valence-electron chi connectivity index (χ3n) is 4.64. The first-order chi connectivity index (χ1) is 11.6. The van der Waals surface area contributed by atoms with Crippen molar-refractivity contribution in [1.82, 2.24) is 25.5 Å². The maximum atomic E-state index is 12.2. The molecule has 24 heavy (non-hydrogen) atoms. The number of carbonyl (C=O) groups excluding carboxylic acids is 2. The first-order valence-corrected chi connectivity index (χ1v) is 8.29. The molecule has 128 valence electrons. The zero-order valence-electron chi connectivity index (χ0n) is 14.0. The second-order valence-corrected chi connectivity index (χ2v) is 6.22. The van der Waals surface area contributed by atoms with Crippen molar-refractivity contribution in [1.29, 1.82) is 0 Å². The minimum Gasteiger partial charge on any atom is -0.342 e. The number of aromatic amines is 1. The number of likely N-dealkylation sites (tertiary alicyclic amines) is 1. The number of aromatic nitrogens is 2. The van der Waals surface area contributed by atoms with Crippen molar-refractivity contribution in [3.05, 3.63) is 30.1 Å². The minimum absolute atomic E-state index is 0.265. The summed E-state index contributed by atoms with van der Waals surface area (Å²) >= 11 is 0. The predicted octanol–water partition coefficient (Wildman–Crippen LogP) is 1.59. The first kappa shape index (κ1) is 16.4. The summed E-state index contributed by atoms with van der Waals surface area (Å²) in [6, 6.07) is 7.15. The van der Waals surface area contributed by atoms with Crippen LogP contribution in [0, 0.1) is 0 Å². The molecular weight excluding hydrogens is 306 g/mol. The first-order valence-electron chi connectivity index (χ1n) is 8.29. The fourth-order valence-corrected chi connectivity index (χ4v) is 3.19. The van der Waals surface area contributed by atoms with E-state index in [1.54, 1.807) is 0 Å². The average Bonchev–Trinajstić information content (AvgIpc) is 3.05. The fraction of sp³-hybridized carbons (Fsp3) is 0.471. The van der Waals surface area contributed by atoms with Crippen molar-refractivity contribution in [2.45, 2.75) is 31.7 Å². The summed E-state index contributed by atoms with van der Waals surface area (Å²) in [7, 11) is 1.49. The molecule has 3 rings (SSSR count). The summed E-state index contributed by atoms with van der Waals surface area (Å²) in [5.41, 5.74) is 2.00. The SMILES string of the molecule is CNC(=O)NC(=O)[C@H](C)N1CCC[C@H](c2nc3ccccc3[nH]2)C1. The summed E-state index contributed by atoms with van der Waals surface area (Å²) in [5.74, 6) is 0.959. The van der Waals surface area contributed by atoms with Crippen molar-refractivity contribution in [2.24, 2.45) is 0 Å². The Kier molecular flexibility index (Phi) is 4.80. The van der Waals surface area contributed by atoms with Gasteiger partial charge in [0.25, 0.3) is 0 Å². The molecule has 2 aromatic rings. The number of carbonyl (C=O) groups is 2. The van der Waals surface area contributed by atoms with Crippen LogP contribution in [0.25, 0.3) is 11.0 Å². The number of hydrogen-bond donors (Lipinski definition) is 3. The lowest BCUT2D eigenvalue weighted by atomic mass is 9.96. The molecule has 2 heterocycles. The van der Waals surface area contributed by atoms with Crippen LogP contribution in [0.15, 0.2) is 24.3 Å². The molecule has 0 spiro atoms. The molecule has 0 aliphatic carbocycles. The Labute approximate surface area is 140 Å². The maximum Gasteiger partial charge on any atom is 0.321 e. The van der Waals surface area contributed by atoms with Crippen LogP contribution in [0.5, 0.6) is 0 Å². The highest BCUT2D eigenvalue weighted by atomic mass is 16.2. The van der Waals surface area contributed by atoms with E-state index in [-0.39, 0.29) is 17.9 Å². The number of nitrogens with one attached hydrogen (secondary N) is 3. The van der Waals surface area contributed by atoms with Gasteiger partial charge in [0.2, 0.25) is 5.91 Å². The summed E-state index contributed by atoms with van der Waals surface area (Å²) in [6.45, 7) is 3.43. The number of para-hydroxylation sites is 2. The molecular formula is C17H23N5O2. The van der Waals surface area contributed by atoms with E-state index < -0.39 is 6.03 Å². The Bertz CT molecular complexity index is 708. The molecule has 0 saturated carbocycles. The number of hydrogen-bond acceptors (Lipinski definition) is 4. The van der Waals surface area contributed by atoms with E-state index >= 15 is 0 Å². The number of benzene rings is 1. The molecule has 3 N–H and O–H groups in total. The number of H-pyrrole nitrogens is 1. The van der Waals surface area contributed by atoms with E-state index in [4.69, 9.17) is 0 Å². The van der Waals surface area contributed by atoms with E-state index in [1.807, 2.05) is 31.2 Å². The van der Waals surface area contributed by atoms with Crippen molar-refractivity contribution in [2.75, 3.05) is 20.1 Å². The second kappa shape index (κ2) is 7.00. The maximum absolute atomic E-state index is 12.2. The third kappa shape index (κ3) is 3.41. The Balaban J connectivity index is 1.69. The molecule has 1 saturated heterocycles. The third-order valence-corrected chi connectivity index (χ3v) is 4.64. The molecule has 0 unspecified atom stereocenters. The van der Waals surface area contributed by atoms with Crippen LogP contribution in [0.2, 0.25) is 0 Å². The monoisotopic (exact) mass is 329 g/mol. The van der Waals surface area contributed by atoms with Crippen LogP contribution in [0.1, 0.15) is 31.5 Å².